The standard InChI is InChI=1S/C25H23FN2O3/c1-28(2)22(29)15-31-25(30)23-19-7-3-4-9-21(19)27-24-17(6-5-8-20(23)24)14-16-10-12-18(26)13-11-16/h3-4,7,9-14H,5-6,8,15H2,1-2H3/b17-14+. The molecule has 31 heavy (non-hydrogen) atoms. The molecule has 1 heterocycles. The zero-order chi connectivity index (χ0) is 22.0. The van der Waals surface area contributed by atoms with Crippen molar-refractivity contribution in [3.05, 3.63) is 76.7 Å². The van der Waals surface area contributed by atoms with Gasteiger partial charge in [0.05, 0.1) is 16.8 Å². The fourth-order valence-corrected chi connectivity index (χ4v) is 3.80. The predicted octanol–water partition coefficient (Wildman–Crippen LogP) is 4.50. The number of allylic oxidation sites excluding steroid dienone is 1. The van der Waals surface area contributed by atoms with E-state index in [-0.39, 0.29) is 18.3 Å². The van der Waals surface area contributed by atoms with Crippen LogP contribution in [0, 0.1) is 5.82 Å². The van der Waals surface area contributed by atoms with E-state index >= 15 is 0 Å². The number of likely N-dealkylation sites (N-methyl/N-ethyl adjacent to an activating group) is 1. The van der Waals surface area contributed by atoms with Gasteiger partial charge in [0.1, 0.15) is 5.82 Å². The quantitative estimate of drug-likeness (QED) is 0.586. The number of amides is 1. The maximum atomic E-state index is 13.3. The van der Waals surface area contributed by atoms with Crippen LogP contribution in [0.4, 0.5) is 4.39 Å². The van der Waals surface area contributed by atoms with E-state index in [0.717, 1.165) is 35.2 Å². The molecule has 0 saturated heterocycles. The van der Waals surface area contributed by atoms with Gasteiger partial charge in [-0.2, -0.15) is 0 Å². The minimum absolute atomic E-state index is 0.280. The topological polar surface area (TPSA) is 59.5 Å². The molecule has 0 unspecified atom stereocenters. The Morgan fingerprint density at radius 2 is 1.84 bits per heavy atom. The van der Waals surface area contributed by atoms with E-state index in [1.54, 1.807) is 26.2 Å². The van der Waals surface area contributed by atoms with Gasteiger partial charge >= 0.3 is 5.97 Å². The van der Waals surface area contributed by atoms with E-state index in [1.165, 1.54) is 17.0 Å². The molecule has 0 fully saturated rings. The number of aromatic nitrogens is 1. The maximum absolute atomic E-state index is 13.3. The molecular formula is C25H23FN2O3. The summed E-state index contributed by atoms with van der Waals surface area (Å²) >= 11 is 0. The Morgan fingerprint density at radius 3 is 2.58 bits per heavy atom. The van der Waals surface area contributed by atoms with Crippen LogP contribution in [0.3, 0.4) is 0 Å². The van der Waals surface area contributed by atoms with Gasteiger partial charge in [0.2, 0.25) is 0 Å². The summed E-state index contributed by atoms with van der Waals surface area (Å²) < 4.78 is 18.7. The van der Waals surface area contributed by atoms with Gasteiger partial charge in [-0.05, 0) is 60.2 Å². The number of esters is 1. The summed E-state index contributed by atoms with van der Waals surface area (Å²) in [5, 5.41) is 0.714. The summed E-state index contributed by atoms with van der Waals surface area (Å²) in [6, 6.07) is 13.7. The number of nitrogens with zero attached hydrogens (tertiary/aromatic N) is 2. The predicted molar refractivity (Wildman–Crippen MR) is 118 cm³/mol. The number of carbonyl (C=O) groups is 2. The van der Waals surface area contributed by atoms with Crippen molar-refractivity contribution >= 4 is 34.4 Å². The van der Waals surface area contributed by atoms with E-state index in [9.17, 15) is 14.0 Å². The lowest BCUT2D eigenvalue weighted by Gasteiger charge is -2.22. The van der Waals surface area contributed by atoms with Crippen LogP contribution in [-0.2, 0) is 16.0 Å². The van der Waals surface area contributed by atoms with Crippen LogP contribution in [0.2, 0.25) is 0 Å². The molecule has 0 saturated carbocycles. The molecule has 0 spiro atoms. The molecule has 0 aliphatic heterocycles. The van der Waals surface area contributed by atoms with Gasteiger partial charge in [0.25, 0.3) is 5.91 Å². The number of fused-ring (bicyclic) bond motifs is 2. The first-order valence-corrected chi connectivity index (χ1v) is 10.2. The normalized spacial score (nSPS) is 14.4. The lowest BCUT2D eigenvalue weighted by molar-refractivity contribution is -0.131. The van der Waals surface area contributed by atoms with Gasteiger partial charge in [-0.1, -0.05) is 30.3 Å². The number of hydrogen-bond acceptors (Lipinski definition) is 4. The van der Waals surface area contributed by atoms with Gasteiger partial charge < -0.3 is 9.64 Å². The molecule has 5 nitrogen and oxygen atoms in total. The van der Waals surface area contributed by atoms with Crippen LogP contribution in [0.15, 0.2) is 48.5 Å². The summed E-state index contributed by atoms with van der Waals surface area (Å²) in [5.41, 5.74) is 4.63. The monoisotopic (exact) mass is 418 g/mol. The lowest BCUT2D eigenvalue weighted by Crippen LogP contribution is -2.28. The third-order valence-electron chi connectivity index (χ3n) is 5.41. The fourth-order valence-electron chi connectivity index (χ4n) is 3.80. The first kappa shape index (κ1) is 20.7. The van der Waals surface area contributed by atoms with E-state index < -0.39 is 5.97 Å². The van der Waals surface area contributed by atoms with Gasteiger partial charge in [-0.25, -0.2) is 14.2 Å². The van der Waals surface area contributed by atoms with Crippen molar-refractivity contribution in [1.82, 2.24) is 9.88 Å². The Kier molecular flexibility index (Phi) is 5.80. The van der Waals surface area contributed by atoms with E-state index in [0.29, 0.717) is 22.9 Å². The molecule has 2 aromatic carbocycles. The first-order chi connectivity index (χ1) is 14.9. The highest BCUT2D eigenvalue weighted by atomic mass is 19.1. The van der Waals surface area contributed by atoms with E-state index in [1.807, 2.05) is 30.3 Å². The Balaban J connectivity index is 1.80. The number of carbonyl (C=O) groups excluding carboxylic acids is 2. The molecular weight excluding hydrogens is 395 g/mol. The van der Waals surface area contributed by atoms with Crippen LogP contribution in [0.5, 0.6) is 0 Å². The maximum Gasteiger partial charge on any atom is 0.339 e. The van der Waals surface area contributed by atoms with Crippen LogP contribution < -0.4 is 0 Å². The minimum atomic E-state index is -0.520. The fraction of sp³-hybridized carbons (Fsp3) is 0.240. The van der Waals surface area contributed by atoms with Crippen LogP contribution >= 0.6 is 0 Å². The number of para-hydroxylation sites is 1. The zero-order valence-corrected chi connectivity index (χ0v) is 17.5. The number of ether oxygens (including phenoxy) is 1. The van der Waals surface area contributed by atoms with E-state index in [4.69, 9.17) is 9.72 Å². The third kappa shape index (κ3) is 4.33. The van der Waals surface area contributed by atoms with Crippen molar-refractivity contribution in [2.75, 3.05) is 20.7 Å². The van der Waals surface area contributed by atoms with Gasteiger partial charge in [0, 0.05) is 19.5 Å². The minimum Gasteiger partial charge on any atom is -0.452 e. The smallest absolute Gasteiger partial charge is 0.339 e. The summed E-state index contributed by atoms with van der Waals surface area (Å²) in [7, 11) is 3.23. The second kappa shape index (κ2) is 8.68. The highest BCUT2D eigenvalue weighted by Gasteiger charge is 2.26. The van der Waals surface area contributed by atoms with Crippen molar-refractivity contribution in [3.63, 3.8) is 0 Å². The van der Waals surface area contributed by atoms with Gasteiger partial charge in [-0.15, -0.1) is 0 Å². The molecule has 1 aliphatic rings. The molecule has 3 aromatic rings. The average Bonchev–Trinajstić information content (AvgIpc) is 2.77. The molecule has 1 amide bonds. The number of benzene rings is 2. The lowest BCUT2D eigenvalue weighted by atomic mass is 9.86. The highest BCUT2D eigenvalue weighted by molar-refractivity contribution is 6.07. The van der Waals surface area contributed by atoms with Crippen molar-refractivity contribution in [3.8, 4) is 0 Å². The number of rotatable bonds is 4. The third-order valence-corrected chi connectivity index (χ3v) is 5.41. The number of hydrogen-bond donors (Lipinski definition) is 0. The summed E-state index contributed by atoms with van der Waals surface area (Å²) in [4.78, 5) is 31.2. The Bertz CT molecular complexity index is 1180. The van der Waals surface area contributed by atoms with Crippen molar-refractivity contribution in [1.29, 1.82) is 0 Å². The number of halogens is 1. The van der Waals surface area contributed by atoms with E-state index in [2.05, 4.69) is 0 Å². The molecule has 6 heteroatoms. The number of pyridine rings is 1. The first-order valence-electron chi connectivity index (χ1n) is 10.2. The Morgan fingerprint density at radius 1 is 1.10 bits per heavy atom. The average molecular weight is 418 g/mol. The van der Waals surface area contributed by atoms with Crippen molar-refractivity contribution < 1.29 is 18.7 Å². The van der Waals surface area contributed by atoms with Crippen LogP contribution in [0.25, 0.3) is 22.6 Å². The zero-order valence-electron chi connectivity index (χ0n) is 17.5. The Hall–Kier alpha value is -3.54. The summed E-state index contributed by atoms with van der Waals surface area (Å²) in [6.45, 7) is -0.310. The van der Waals surface area contributed by atoms with Gasteiger partial charge in [-0.3, -0.25) is 4.79 Å². The second-order valence-electron chi connectivity index (χ2n) is 7.77. The van der Waals surface area contributed by atoms with Gasteiger partial charge in [0.15, 0.2) is 6.61 Å². The van der Waals surface area contributed by atoms with Crippen LogP contribution in [-0.4, -0.2) is 42.5 Å². The molecule has 0 bridgehead atoms. The largest absolute Gasteiger partial charge is 0.452 e. The van der Waals surface area contributed by atoms with Crippen molar-refractivity contribution in [2.24, 2.45) is 0 Å². The molecule has 1 aromatic heterocycles. The second-order valence-corrected chi connectivity index (χ2v) is 7.77. The molecule has 1 aliphatic carbocycles. The highest BCUT2D eigenvalue weighted by Crippen LogP contribution is 2.36. The molecule has 158 valence electrons. The molecule has 4 rings (SSSR count). The van der Waals surface area contributed by atoms with Crippen LogP contribution in [0.1, 0.15) is 40.0 Å². The molecule has 0 atom stereocenters. The SMILES string of the molecule is CN(C)C(=O)COC(=O)c1c2c(nc3ccccc13)/C(=C/c1ccc(F)cc1)CCC2. The summed E-state index contributed by atoms with van der Waals surface area (Å²) in [5.74, 6) is -1.09. The summed E-state index contributed by atoms with van der Waals surface area (Å²) in [6.07, 6.45) is 4.35. The molecule has 0 radical (unpaired) electrons. The molecule has 0 N–H and O–H groups in total. The van der Waals surface area contributed by atoms with Crippen molar-refractivity contribution in [2.45, 2.75) is 19.3 Å². The Labute approximate surface area is 180 Å².